The summed E-state index contributed by atoms with van der Waals surface area (Å²) in [7, 11) is 0. The SMILES string of the molecule is Cl.NC(C(=O)NCC1CCN(C(=O)c2ccccc2)CC1)C1CCOCC1. The van der Waals surface area contributed by atoms with Gasteiger partial charge in [-0.25, -0.2) is 0 Å². The van der Waals surface area contributed by atoms with Gasteiger partial charge in [0, 0.05) is 38.4 Å². The first kappa shape index (κ1) is 21.7. The van der Waals surface area contributed by atoms with Gasteiger partial charge in [-0.1, -0.05) is 18.2 Å². The second-order valence-electron chi connectivity index (χ2n) is 7.32. The van der Waals surface area contributed by atoms with Crippen molar-refractivity contribution in [2.24, 2.45) is 17.6 Å². The molecule has 1 unspecified atom stereocenters. The molecule has 7 heteroatoms. The average molecular weight is 396 g/mol. The molecular weight excluding hydrogens is 366 g/mol. The molecule has 0 aliphatic carbocycles. The normalized spacial score (nSPS) is 19.8. The van der Waals surface area contributed by atoms with Gasteiger partial charge >= 0.3 is 0 Å². The number of rotatable bonds is 5. The second-order valence-corrected chi connectivity index (χ2v) is 7.32. The maximum Gasteiger partial charge on any atom is 0.253 e. The molecule has 0 radical (unpaired) electrons. The summed E-state index contributed by atoms with van der Waals surface area (Å²) < 4.78 is 5.33. The molecule has 0 aromatic heterocycles. The number of hydrogen-bond acceptors (Lipinski definition) is 4. The molecule has 0 spiro atoms. The zero-order valence-corrected chi connectivity index (χ0v) is 16.5. The van der Waals surface area contributed by atoms with Gasteiger partial charge in [0.15, 0.2) is 0 Å². The lowest BCUT2D eigenvalue weighted by atomic mass is 9.91. The van der Waals surface area contributed by atoms with Crippen LogP contribution in [-0.4, -0.2) is 55.6 Å². The van der Waals surface area contributed by atoms with Gasteiger partial charge in [-0.05, 0) is 49.7 Å². The number of halogens is 1. The highest BCUT2D eigenvalue weighted by atomic mass is 35.5. The fourth-order valence-electron chi connectivity index (χ4n) is 3.76. The minimum atomic E-state index is -0.446. The van der Waals surface area contributed by atoms with E-state index in [1.54, 1.807) is 0 Å². The van der Waals surface area contributed by atoms with Crippen molar-refractivity contribution in [3.63, 3.8) is 0 Å². The maximum absolute atomic E-state index is 12.5. The van der Waals surface area contributed by atoms with Crippen LogP contribution in [-0.2, 0) is 9.53 Å². The number of nitrogens with zero attached hydrogens (tertiary/aromatic N) is 1. The van der Waals surface area contributed by atoms with Crippen LogP contribution in [0, 0.1) is 11.8 Å². The first-order chi connectivity index (χ1) is 12.6. The number of amides is 2. The number of hydrogen-bond donors (Lipinski definition) is 2. The number of piperidine rings is 1. The number of likely N-dealkylation sites (tertiary alicyclic amines) is 1. The van der Waals surface area contributed by atoms with Gasteiger partial charge in [-0.2, -0.15) is 0 Å². The van der Waals surface area contributed by atoms with E-state index in [2.05, 4.69) is 5.32 Å². The van der Waals surface area contributed by atoms with Crippen molar-refractivity contribution in [3.05, 3.63) is 35.9 Å². The van der Waals surface area contributed by atoms with E-state index < -0.39 is 6.04 Å². The van der Waals surface area contributed by atoms with Crippen LogP contribution in [0.15, 0.2) is 30.3 Å². The Morgan fingerprint density at radius 2 is 1.74 bits per heavy atom. The minimum Gasteiger partial charge on any atom is -0.381 e. The highest BCUT2D eigenvalue weighted by Gasteiger charge is 2.28. The summed E-state index contributed by atoms with van der Waals surface area (Å²) in [5.41, 5.74) is 6.85. The molecule has 2 aliphatic heterocycles. The molecule has 0 saturated carbocycles. The van der Waals surface area contributed by atoms with Crippen LogP contribution in [0.25, 0.3) is 0 Å². The zero-order valence-electron chi connectivity index (χ0n) is 15.6. The summed E-state index contributed by atoms with van der Waals surface area (Å²) in [6.07, 6.45) is 3.53. The van der Waals surface area contributed by atoms with Crippen molar-refractivity contribution in [2.75, 3.05) is 32.8 Å². The van der Waals surface area contributed by atoms with Gasteiger partial charge in [0.05, 0.1) is 6.04 Å². The van der Waals surface area contributed by atoms with Crippen molar-refractivity contribution in [3.8, 4) is 0 Å². The lowest BCUT2D eigenvalue weighted by molar-refractivity contribution is -0.124. The van der Waals surface area contributed by atoms with Gasteiger partial charge in [-0.3, -0.25) is 9.59 Å². The number of benzene rings is 1. The van der Waals surface area contributed by atoms with Crippen molar-refractivity contribution in [2.45, 2.75) is 31.7 Å². The summed E-state index contributed by atoms with van der Waals surface area (Å²) >= 11 is 0. The Kier molecular flexibility index (Phi) is 8.54. The number of nitrogens with one attached hydrogen (secondary N) is 1. The Morgan fingerprint density at radius 1 is 1.11 bits per heavy atom. The Morgan fingerprint density at radius 3 is 2.37 bits per heavy atom. The molecule has 3 N–H and O–H groups in total. The van der Waals surface area contributed by atoms with Crippen molar-refractivity contribution >= 4 is 24.2 Å². The molecule has 27 heavy (non-hydrogen) atoms. The third kappa shape index (κ3) is 5.92. The first-order valence-corrected chi connectivity index (χ1v) is 9.60. The fourth-order valence-corrected chi connectivity index (χ4v) is 3.76. The summed E-state index contributed by atoms with van der Waals surface area (Å²) in [5, 5.41) is 3.02. The van der Waals surface area contributed by atoms with E-state index in [-0.39, 0.29) is 30.1 Å². The average Bonchev–Trinajstić information content (AvgIpc) is 2.72. The summed E-state index contributed by atoms with van der Waals surface area (Å²) in [6.45, 7) is 3.50. The third-order valence-electron chi connectivity index (χ3n) is 5.56. The molecule has 2 heterocycles. The molecule has 2 amide bonds. The maximum atomic E-state index is 12.5. The van der Waals surface area contributed by atoms with Crippen molar-refractivity contribution in [1.29, 1.82) is 0 Å². The number of ether oxygens (including phenoxy) is 1. The van der Waals surface area contributed by atoms with E-state index in [0.717, 1.165) is 44.3 Å². The molecule has 1 aromatic carbocycles. The Hall–Kier alpha value is -1.63. The third-order valence-corrected chi connectivity index (χ3v) is 5.56. The van der Waals surface area contributed by atoms with E-state index in [1.165, 1.54) is 0 Å². The Balaban J connectivity index is 0.00000261. The smallest absolute Gasteiger partial charge is 0.253 e. The first-order valence-electron chi connectivity index (χ1n) is 9.60. The monoisotopic (exact) mass is 395 g/mol. The molecular formula is C20H30ClN3O3. The van der Waals surface area contributed by atoms with Crippen LogP contribution >= 0.6 is 12.4 Å². The van der Waals surface area contributed by atoms with Gasteiger partial charge in [0.25, 0.3) is 5.91 Å². The van der Waals surface area contributed by atoms with Crippen molar-refractivity contribution in [1.82, 2.24) is 10.2 Å². The highest BCUT2D eigenvalue weighted by molar-refractivity contribution is 5.94. The van der Waals surface area contributed by atoms with Crippen LogP contribution in [0.4, 0.5) is 0 Å². The molecule has 1 atom stereocenters. The standard InChI is InChI=1S/C20H29N3O3.ClH/c21-18(16-8-12-26-13-9-16)19(24)22-14-15-6-10-23(11-7-15)20(25)17-4-2-1-3-5-17;/h1-5,15-16,18H,6-14,21H2,(H,22,24);1H. The molecule has 6 nitrogen and oxygen atoms in total. The molecule has 1 aromatic rings. The quantitative estimate of drug-likeness (QED) is 0.796. The number of carbonyl (C=O) groups is 2. The molecule has 150 valence electrons. The minimum absolute atomic E-state index is 0. The largest absolute Gasteiger partial charge is 0.381 e. The number of carbonyl (C=O) groups excluding carboxylic acids is 2. The summed E-state index contributed by atoms with van der Waals surface area (Å²) in [6, 6.07) is 8.95. The van der Waals surface area contributed by atoms with Gasteiger partial charge in [-0.15, -0.1) is 12.4 Å². The zero-order chi connectivity index (χ0) is 18.4. The van der Waals surface area contributed by atoms with E-state index in [1.807, 2.05) is 35.2 Å². The topological polar surface area (TPSA) is 84.7 Å². The Labute approximate surface area is 167 Å². The van der Waals surface area contributed by atoms with Crippen molar-refractivity contribution < 1.29 is 14.3 Å². The molecule has 2 saturated heterocycles. The lowest BCUT2D eigenvalue weighted by Crippen LogP contribution is -2.49. The van der Waals surface area contributed by atoms with E-state index >= 15 is 0 Å². The van der Waals surface area contributed by atoms with Gasteiger partial charge in [0.1, 0.15) is 0 Å². The van der Waals surface area contributed by atoms with Crippen LogP contribution in [0.1, 0.15) is 36.0 Å². The van der Waals surface area contributed by atoms with E-state index in [9.17, 15) is 9.59 Å². The van der Waals surface area contributed by atoms with Gasteiger partial charge in [0.2, 0.25) is 5.91 Å². The molecule has 0 bridgehead atoms. The lowest BCUT2D eigenvalue weighted by Gasteiger charge is -2.33. The van der Waals surface area contributed by atoms with Crippen LogP contribution in [0.3, 0.4) is 0 Å². The fraction of sp³-hybridized carbons (Fsp3) is 0.600. The van der Waals surface area contributed by atoms with E-state index in [0.29, 0.717) is 25.7 Å². The van der Waals surface area contributed by atoms with E-state index in [4.69, 9.17) is 10.5 Å². The Bertz CT molecular complexity index is 600. The van der Waals surface area contributed by atoms with Gasteiger partial charge < -0.3 is 20.7 Å². The predicted molar refractivity (Wildman–Crippen MR) is 107 cm³/mol. The second kappa shape index (κ2) is 10.6. The molecule has 2 aliphatic rings. The van der Waals surface area contributed by atoms with Crippen LogP contribution < -0.4 is 11.1 Å². The molecule has 2 fully saturated rings. The number of nitrogens with two attached hydrogens (primary N) is 1. The van der Waals surface area contributed by atoms with Crippen LogP contribution in [0.2, 0.25) is 0 Å². The molecule has 3 rings (SSSR count). The predicted octanol–water partition coefficient (Wildman–Crippen LogP) is 1.83. The van der Waals surface area contributed by atoms with Crippen LogP contribution in [0.5, 0.6) is 0 Å². The summed E-state index contributed by atoms with van der Waals surface area (Å²) in [5.74, 6) is 0.657. The summed E-state index contributed by atoms with van der Waals surface area (Å²) in [4.78, 5) is 26.7. The highest BCUT2D eigenvalue weighted by Crippen LogP contribution is 2.20.